The summed E-state index contributed by atoms with van der Waals surface area (Å²) >= 11 is 0. The number of non-ortho nitro benzene ring substituents is 1. The molecule has 2 aromatic carbocycles. The van der Waals surface area contributed by atoms with Gasteiger partial charge in [0.05, 0.1) is 4.92 Å². The Kier molecular flexibility index (Phi) is 6.36. The zero-order valence-electron chi connectivity index (χ0n) is 14.4. The van der Waals surface area contributed by atoms with Gasteiger partial charge in [-0.25, -0.2) is 0 Å². The molecule has 0 heterocycles. The van der Waals surface area contributed by atoms with Crippen LogP contribution in [0.3, 0.4) is 0 Å². The van der Waals surface area contributed by atoms with Crippen molar-refractivity contribution in [2.75, 3.05) is 5.73 Å². The van der Waals surface area contributed by atoms with E-state index in [2.05, 4.69) is 26.0 Å². The summed E-state index contributed by atoms with van der Waals surface area (Å²) in [5.74, 6) is 1.19. The summed E-state index contributed by atoms with van der Waals surface area (Å²) in [4.78, 5) is 10.4. The van der Waals surface area contributed by atoms with Crippen LogP contribution in [0.4, 0.5) is 11.4 Å². The number of nitrogens with two attached hydrogens (primary N) is 1. The van der Waals surface area contributed by atoms with Gasteiger partial charge < -0.3 is 5.73 Å². The molecule has 4 heteroatoms. The van der Waals surface area contributed by atoms with Gasteiger partial charge in [-0.3, -0.25) is 10.1 Å². The number of rotatable bonds is 8. The Morgan fingerprint density at radius 2 is 1.50 bits per heavy atom. The van der Waals surface area contributed by atoms with E-state index in [0.717, 1.165) is 30.5 Å². The number of nitrogen functional groups attached to an aromatic ring is 1. The molecule has 0 saturated carbocycles. The SMILES string of the molecule is CCC(C)CC(Cc1ccc(N)cc1)Cc1ccc([N+](=O)[O-])cc1. The third-order valence-corrected chi connectivity index (χ3v) is 4.61. The van der Waals surface area contributed by atoms with Gasteiger partial charge in [0.25, 0.3) is 5.69 Å². The Morgan fingerprint density at radius 3 is 1.96 bits per heavy atom. The van der Waals surface area contributed by atoms with Gasteiger partial charge in [0.2, 0.25) is 0 Å². The predicted molar refractivity (Wildman–Crippen MR) is 98.9 cm³/mol. The van der Waals surface area contributed by atoms with Crippen LogP contribution in [0.1, 0.15) is 37.8 Å². The fraction of sp³-hybridized carbons (Fsp3) is 0.400. The van der Waals surface area contributed by atoms with Crippen LogP contribution in [0.25, 0.3) is 0 Å². The van der Waals surface area contributed by atoms with Crippen molar-refractivity contribution in [3.8, 4) is 0 Å². The molecule has 0 bridgehead atoms. The maximum absolute atomic E-state index is 10.8. The summed E-state index contributed by atoms with van der Waals surface area (Å²) in [5, 5.41) is 10.8. The lowest BCUT2D eigenvalue weighted by Crippen LogP contribution is -2.12. The molecule has 0 aromatic heterocycles. The number of nitro benzene ring substituents is 1. The Hall–Kier alpha value is -2.36. The first kappa shape index (κ1) is 18.0. The van der Waals surface area contributed by atoms with Crippen molar-refractivity contribution in [1.82, 2.24) is 0 Å². The van der Waals surface area contributed by atoms with Crippen molar-refractivity contribution < 1.29 is 4.92 Å². The quantitative estimate of drug-likeness (QED) is 0.421. The first-order chi connectivity index (χ1) is 11.5. The zero-order chi connectivity index (χ0) is 17.5. The number of nitrogens with zero attached hydrogens (tertiary/aromatic N) is 1. The number of anilines is 1. The van der Waals surface area contributed by atoms with E-state index >= 15 is 0 Å². The van der Waals surface area contributed by atoms with Crippen molar-refractivity contribution in [2.24, 2.45) is 11.8 Å². The lowest BCUT2D eigenvalue weighted by molar-refractivity contribution is -0.384. The summed E-state index contributed by atoms with van der Waals surface area (Å²) in [6, 6.07) is 15.0. The standard InChI is InChI=1S/C20H26N2O2/c1-3-15(2)12-18(13-16-4-8-19(21)9-5-16)14-17-6-10-20(11-7-17)22(23)24/h4-11,15,18H,3,12-14,21H2,1-2H3. The smallest absolute Gasteiger partial charge is 0.269 e. The molecule has 0 amide bonds. The van der Waals surface area contributed by atoms with Crippen LogP contribution in [0.5, 0.6) is 0 Å². The Balaban J connectivity index is 2.09. The lowest BCUT2D eigenvalue weighted by Gasteiger charge is -2.21. The van der Waals surface area contributed by atoms with Crippen LogP contribution < -0.4 is 5.73 Å². The molecule has 0 aliphatic carbocycles. The minimum atomic E-state index is -0.352. The van der Waals surface area contributed by atoms with Gasteiger partial charge in [0.1, 0.15) is 0 Å². The van der Waals surface area contributed by atoms with E-state index in [0.29, 0.717) is 11.8 Å². The second-order valence-corrected chi connectivity index (χ2v) is 6.69. The van der Waals surface area contributed by atoms with Crippen LogP contribution in [-0.4, -0.2) is 4.92 Å². The maximum atomic E-state index is 10.8. The van der Waals surface area contributed by atoms with Gasteiger partial charge in [0, 0.05) is 17.8 Å². The van der Waals surface area contributed by atoms with Crippen molar-refractivity contribution in [1.29, 1.82) is 0 Å². The predicted octanol–water partition coefficient (Wildman–Crippen LogP) is 5.01. The third kappa shape index (κ3) is 5.37. The molecule has 0 aliphatic rings. The highest BCUT2D eigenvalue weighted by molar-refractivity contribution is 5.39. The van der Waals surface area contributed by atoms with Crippen molar-refractivity contribution in [3.05, 3.63) is 69.8 Å². The third-order valence-electron chi connectivity index (χ3n) is 4.61. The zero-order valence-corrected chi connectivity index (χ0v) is 14.4. The number of hydrogen-bond acceptors (Lipinski definition) is 3. The van der Waals surface area contributed by atoms with E-state index in [1.807, 2.05) is 24.3 Å². The number of nitro groups is 1. The minimum Gasteiger partial charge on any atom is -0.399 e. The highest BCUT2D eigenvalue weighted by Crippen LogP contribution is 2.25. The molecule has 4 nitrogen and oxygen atoms in total. The van der Waals surface area contributed by atoms with Gasteiger partial charge in [-0.2, -0.15) is 0 Å². The maximum Gasteiger partial charge on any atom is 0.269 e. The second-order valence-electron chi connectivity index (χ2n) is 6.69. The van der Waals surface area contributed by atoms with Gasteiger partial charge in [-0.15, -0.1) is 0 Å². The van der Waals surface area contributed by atoms with Gasteiger partial charge in [-0.1, -0.05) is 44.5 Å². The fourth-order valence-electron chi connectivity index (χ4n) is 3.05. The van der Waals surface area contributed by atoms with Gasteiger partial charge in [-0.05, 0) is 54.4 Å². The molecular formula is C20H26N2O2. The first-order valence-corrected chi connectivity index (χ1v) is 8.55. The van der Waals surface area contributed by atoms with Gasteiger partial charge >= 0.3 is 0 Å². The summed E-state index contributed by atoms with van der Waals surface area (Å²) in [7, 11) is 0. The van der Waals surface area contributed by atoms with Crippen LogP contribution in [0.2, 0.25) is 0 Å². The molecule has 128 valence electrons. The molecule has 2 N–H and O–H groups in total. The fourth-order valence-corrected chi connectivity index (χ4v) is 3.05. The topological polar surface area (TPSA) is 69.2 Å². The average Bonchev–Trinajstić information content (AvgIpc) is 2.57. The number of benzene rings is 2. The molecule has 0 aliphatic heterocycles. The van der Waals surface area contributed by atoms with E-state index in [1.165, 1.54) is 12.0 Å². The van der Waals surface area contributed by atoms with Crippen LogP contribution >= 0.6 is 0 Å². The molecule has 0 spiro atoms. The van der Waals surface area contributed by atoms with Crippen molar-refractivity contribution >= 4 is 11.4 Å². The van der Waals surface area contributed by atoms with Crippen molar-refractivity contribution in [2.45, 2.75) is 39.5 Å². The molecule has 0 radical (unpaired) electrons. The van der Waals surface area contributed by atoms with Gasteiger partial charge in [0.15, 0.2) is 0 Å². The van der Waals surface area contributed by atoms with Crippen LogP contribution in [0.15, 0.2) is 48.5 Å². The molecular weight excluding hydrogens is 300 g/mol. The number of hydrogen-bond donors (Lipinski definition) is 1. The van der Waals surface area contributed by atoms with Crippen LogP contribution in [-0.2, 0) is 12.8 Å². The average molecular weight is 326 g/mol. The summed E-state index contributed by atoms with van der Waals surface area (Å²) in [6.07, 6.45) is 4.25. The highest BCUT2D eigenvalue weighted by Gasteiger charge is 2.15. The van der Waals surface area contributed by atoms with E-state index in [-0.39, 0.29) is 10.6 Å². The van der Waals surface area contributed by atoms with E-state index in [9.17, 15) is 10.1 Å². The normalized spacial score (nSPS) is 13.4. The highest BCUT2D eigenvalue weighted by atomic mass is 16.6. The van der Waals surface area contributed by atoms with E-state index < -0.39 is 0 Å². The second kappa shape index (κ2) is 8.48. The lowest BCUT2D eigenvalue weighted by atomic mass is 9.85. The molecule has 0 saturated heterocycles. The molecule has 2 aromatic rings. The van der Waals surface area contributed by atoms with Crippen LogP contribution in [0, 0.1) is 22.0 Å². The molecule has 2 atom stereocenters. The first-order valence-electron chi connectivity index (χ1n) is 8.55. The Labute approximate surface area is 143 Å². The minimum absolute atomic E-state index is 0.149. The summed E-state index contributed by atoms with van der Waals surface area (Å²) in [6.45, 7) is 4.50. The Morgan fingerprint density at radius 1 is 1.00 bits per heavy atom. The molecule has 2 rings (SSSR count). The molecule has 0 fully saturated rings. The molecule has 2 unspecified atom stereocenters. The van der Waals surface area contributed by atoms with Crippen molar-refractivity contribution in [3.63, 3.8) is 0 Å². The largest absolute Gasteiger partial charge is 0.399 e. The monoisotopic (exact) mass is 326 g/mol. The van der Waals surface area contributed by atoms with E-state index in [4.69, 9.17) is 5.73 Å². The summed E-state index contributed by atoms with van der Waals surface area (Å²) in [5.41, 5.74) is 9.15. The summed E-state index contributed by atoms with van der Waals surface area (Å²) < 4.78 is 0. The van der Waals surface area contributed by atoms with E-state index in [1.54, 1.807) is 12.1 Å². The Bertz CT molecular complexity index is 650. The molecule has 24 heavy (non-hydrogen) atoms.